The number of piperazine rings is 1. The highest BCUT2D eigenvalue weighted by molar-refractivity contribution is 14.1. The van der Waals surface area contributed by atoms with E-state index in [-0.39, 0.29) is 0 Å². The lowest BCUT2D eigenvalue weighted by Gasteiger charge is -2.36. The van der Waals surface area contributed by atoms with Gasteiger partial charge in [0.2, 0.25) is 0 Å². The molecule has 3 heterocycles. The number of anilines is 2. The number of rotatable bonds is 2. The molecule has 2 aliphatic heterocycles. The molecule has 32 heavy (non-hydrogen) atoms. The summed E-state index contributed by atoms with van der Waals surface area (Å²) in [6, 6.07) is 4.48. The van der Waals surface area contributed by atoms with Gasteiger partial charge in [0.25, 0.3) is 0 Å². The van der Waals surface area contributed by atoms with Crippen LogP contribution in [0.4, 0.5) is 16.3 Å². The van der Waals surface area contributed by atoms with Crippen LogP contribution in [0.3, 0.4) is 0 Å². The van der Waals surface area contributed by atoms with Crippen molar-refractivity contribution in [2.75, 3.05) is 43.6 Å². The van der Waals surface area contributed by atoms with E-state index < -0.39 is 11.7 Å². The first-order chi connectivity index (χ1) is 15.0. The maximum Gasteiger partial charge on any atom is 0.420 e. The van der Waals surface area contributed by atoms with Crippen LogP contribution in [0.2, 0.25) is 0 Å². The summed E-state index contributed by atoms with van der Waals surface area (Å²) in [5.41, 5.74) is 12.9. The van der Waals surface area contributed by atoms with E-state index in [9.17, 15) is 4.79 Å². The monoisotopic (exact) mass is 549 g/mol. The summed E-state index contributed by atoms with van der Waals surface area (Å²) in [7, 11) is 2.18. The van der Waals surface area contributed by atoms with E-state index in [4.69, 9.17) is 4.74 Å². The number of hydrazine groups is 1. The first-order valence-corrected chi connectivity index (χ1v) is 12.0. The molecule has 8 heteroatoms. The number of aromatic nitrogens is 1. The van der Waals surface area contributed by atoms with Gasteiger partial charge in [0, 0.05) is 52.8 Å². The fourth-order valence-electron chi connectivity index (χ4n) is 4.31. The molecule has 0 spiro atoms. The number of benzene rings is 1. The topological polar surface area (TPSA) is 61.8 Å². The van der Waals surface area contributed by atoms with Crippen molar-refractivity contribution in [2.45, 2.75) is 40.2 Å². The summed E-state index contributed by atoms with van der Waals surface area (Å²) in [5.74, 6) is 0.690. The van der Waals surface area contributed by atoms with Crippen molar-refractivity contribution in [1.82, 2.24) is 14.9 Å². The standard InChI is InChI=1S/C24H32IN5O2/c1-15-11-17(12-16(2)21(15)29-9-7-28(6)8-10-29)20-13-18-19(25)14-30(22(18)27-26-20)23(31)32-24(3,4)5/h11-14,26-27H,7-10H2,1-6H3. The number of aryl methyl sites for hydroxylation is 2. The molecule has 4 rings (SSSR count). The van der Waals surface area contributed by atoms with Gasteiger partial charge < -0.3 is 14.5 Å². The van der Waals surface area contributed by atoms with Gasteiger partial charge in [0.05, 0.1) is 5.70 Å². The Labute approximate surface area is 203 Å². The zero-order valence-electron chi connectivity index (χ0n) is 19.7. The second-order valence-electron chi connectivity index (χ2n) is 9.65. The van der Waals surface area contributed by atoms with Gasteiger partial charge in [-0.3, -0.25) is 10.9 Å². The van der Waals surface area contributed by atoms with Crippen LogP contribution in [0.1, 0.15) is 43.0 Å². The van der Waals surface area contributed by atoms with Crippen molar-refractivity contribution in [2.24, 2.45) is 0 Å². The van der Waals surface area contributed by atoms with Gasteiger partial charge in [-0.1, -0.05) is 0 Å². The summed E-state index contributed by atoms with van der Waals surface area (Å²) < 4.78 is 8.06. The van der Waals surface area contributed by atoms with Gasteiger partial charge in [-0.25, -0.2) is 9.36 Å². The van der Waals surface area contributed by atoms with Crippen molar-refractivity contribution in [1.29, 1.82) is 0 Å². The number of nitrogens with zero attached hydrogens (tertiary/aromatic N) is 3. The van der Waals surface area contributed by atoms with Crippen LogP contribution < -0.4 is 15.8 Å². The van der Waals surface area contributed by atoms with Crippen molar-refractivity contribution in [3.63, 3.8) is 0 Å². The minimum absolute atomic E-state index is 0.397. The number of fused-ring (bicyclic) bond motifs is 1. The Hall–Kier alpha value is -2.20. The fraction of sp³-hybridized carbons (Fsp3) is 0.458. The average Bonchev–Trinajstić information content (AvgIpc) is 3.04. The number of carbonyl (C=O) groups excluding carboxylic acids is 1. The van der Waals surface area contributed by atoms with E-state index >= 15 is 0 Å². The predicted octanol–water partition coefficient (Wildman–Crippen LogP) is 4.67. The highest BCUT2D eigenvalue weighted by Crippen LogP contribution is 2.34. The highest BCUT2D eigenvalue weighted by atomic mass is 127. The Kier molecular flexibility index (Phi) is 6.19. The second kappa shape index (κ2) is 8.62. The molecule has 0 atom stereocenters. The van der Waals surface area contributed by atoms with Gasteiger partial charge >= 0.3 is 6.09 Å². The number of likely N-dealkylation sites (N-methyl/N-ethyl adjacent to an activating group) is 1. The van der Waals surface area contributed by atoms with Gasteiger partial charge in [-0.05, 0) is 93.6 Å². The Balaban J connectivity index is 1.63. The number of nitrogens with one attached hydrogen (secondary N) is 2. The Morgan fingerprint density at radius 1 is 1.06 bits per heavy atom. The smallest absolute Gasteiger partial charge is 0.420 e. The molecule has 1 aromatic carbocycles. The molecule has 2 N–H and O–H groups in total. The van der Waals surface area contributed by atoms with Crippen molar-refractivity contribution >= 4 is 52.0 Å². The Morgan fingerprint density at radius 2 is 1.69 bits per heavy atom. The van der Waals surface area contributed by atoms with Crippen molar-refractivity contribution in [3.05, 3.63) is 44.2 Å². The first kappa shape index (κ1) is 23.0. The summed E-state index contributed by atoms with van der Waals surface area (Å²) in [6.45, 7) is 14.3. The number of halogens is 1. The van der Waals surface area contributed by atoms with E-state index in [0.29, 0.717) is 5.82 Å². The van der Waals surface area contributed by atoms with Crippen LogP contribution in [-0.2, 0) is 4.74 Å². The first-order valence-electron chi connectivity index (χ1n) is 11.0. The summed E-state index contributed by atoms with van der Waals surface area (Å²) >= 11 is 2.26. The zero-order chi connectivity index (χ0) is 23.2. The van der Waals surface area contributed by atoms with Gasteiger partial charge in [-0.2, -0.15) is 0 Å². The highest BCUT2D eigenvalue weighted by Gasteiger charge is 2.26. The molecule has 1 saturated heterocycles. The van der Waals surface area contributed by atoms with Crippen LogP contribution in [0.15, 0.2) is 18.3 Å². The predicted molar refractivity (Wildman–Crippen MR) is 139 cm³/mol. The molecule has 0 bridgehead atoms. The third-order valence-electron chi connectivity index (χ3n) is 5.81. The van der Waals surface area contributed by atoms with E-state index in [0.717, 1.165) is 46.6 Å². The van der Waals surface area contributed by atoms with Gasteiger partial charge in [0.1, 0.15) is 11.4 Å². The number of ether oxygens (including phenoxy) is 1. The van der Waals surface area contributed by atoms with E-state index in [1.54, 1.807) is 6.20 Å². The quantitative estimate of drug-likeness (QED) is 0.531. The van der Waals surface area contributed by atoms with E-state index in [2.05, 4.69) is 82.3 Å². The lowest BCUT2D eigenvalue weighted by atomic mass is 9.99. The number of hydrogen-bond donors (Lipinski definition) is 2. The third kappa shape index (κ3) is 4.61. The fourth-order valence-corrected chi connectivity index (χ4v) is 5.00. The van der Waals surface area contributed by atoms with Gasteiger partial charge in [-0.15, -0.1) is 0 Å². The zero-order valence-corrected chi connectivity index (χ0v) is 21.8. The van der Waals surface area contributed by atoms with Crippen LogP contribution >= 0.6 is 22.6 Å². The van der Waals surface area contributed by atoms with Crippen molar-refractivity contribution in [3.8, 4) is 0 Å². The maximum atomic E-state index is 12.6. The van der Waals surface area contributed by atoms with E-state index in [1.807, 2.05) is 20.8 Å². The average molecular weight is 549 g/mol. The molecule has 1 fully saturated rings. The summed E-state index contributed by atoms with van der Waals surface area (Å²) in [4.78, 5) is 17.5. The van der Waals surface area contributed by atoms with Crippen LogP contribution in [0, 0.1) is 17.4 Å². The molecule has 7 nitrogen and oxygen atoms in total. The van der Waals surface area contributed by atoms with Gasteiger partial charge in [0.15, 0.2) is 0 Å². The molecule has 2 aromatic rings. The molecule has 0 aliphatic carbocycles. The molecule has 0 unspecified atom stereocenters. The Morgan fingerprint density at radius 3 is 2.28 bits per heavy atom. The molecule has 1 aromatic heterocycles. The summed E-state index contributed by atoms with van der Waals surface area (Å²) in [5, 5.41) is 0. The third-order valence-corrected chi connectivity index (χ3v) is 6.67. The lowest BCUT2D eigenvalue weighted by molar-refractivity contribution is 0.0540. The van der Waals surface area contributed by atoms with Crippen molar-refractivity contribution < 1.29 is 9.53 Å². The molecule has 0 saturated carbocycles. The van der Waals surface area contributed by atoms with Crippen LogP contribution in [-0.4, -0.2) is 54.4 Å². The van der Waals surface area contributed by atoms with E-state index in [1.165, 1.54) is 21.4 Å². The second-order valence-corrected chi connectivity index (χ2v) is 10.8. The molecular formula is C24H32IN5O2. The molecular weight excluding hydrogens is 517 g/mol. The lowest BCUT2D eigenvalue weighted by Crippen LogP contribution is -2.45. The van der Waals surface area contributed by atoms with Crippen LogP contribution in [0.25, 0.3) is 11.8 Å². The number of hydrogen-bond acceptors (Lipinski definition) is 6. The number of carbonyl (C=O) groups is 1. The molecule has 0 amide bonds. The molecule has 0 radical (unpaired) electrons. The minimum atomic E-state index is -0.552. The normalized spacial score (nSPS) is 16.7. The van der Waals surface area contributed by atoms with Crippen LogP contribution in [0.5, 0.6) is 0 Å². The summed E-state index contributed by atoms with van der Waals surface area (Å²) in [6.07, 6.45) is 3.50. The molecule has 2 aliphatic rings. The molecule has 172 valence electrons. The SMILES string of the molecule is Cc1cc(C2=Cc3c(I)cn(C(=O)OC(C)(C)C)c3NN2)cc(C)c1N1CCN(C)CC1. The minimum Gasteiger partial charge on any atom is -0.443 e. The largest absolute Gasteiger partial charge is 0.443 e. The Bertz CT molecular complexity index is 1050. The maximum absolute atomic E-state index is 12.6.